The summed E-state index contributed by atoms with van der Waals surface area (Å²) in [5.41, 5.74) is 1.44. The number of hydrogen-bond acceptors (Lipinski definition) is 5. The third kappa shape index (κ3) is 9.81. The van der Waals surface area contributed by atoms with Crippen LogP contribution in [-0.2, 0) is 31.9 Å². The molecule has 36 heavy (non-hydrogen) atoms. The van der Waals surface area contributed by atoms with Gasteiger partial charge in [0.15, 0.2) is 0 Å². The van der Waals surface area contributed by atoms with E-state index in [4.69, 9.17) is 9.84 Å². The molecular weight excluding hydrogens is 485 g/mol. The predicted molar refractivity (Wildman–Crippen MR) is 135 cm³/mol. The van der Waals surface area contributed by atoms with Crippen LogP contribution < -0.4 is 15.7 Å². The van der Waals surface area contributed by atoms with Crippen LogP contribution in [0.5, 0.6) is 0 Å². The summed E-state index contributed by atoms with van der Waals surface area (Å²) in [6, 6.07) is 15.4. The molecule has 2 aromatic carbocycles. The molecule has 0 saturated carbocycles. The summed E-state index contributed by atoms with van der Waals surface area (Å²) in [4.78, 5) is 47.5. The number of hydrogen-bond donors (Lipinski definition) is 5. The molecule has 11 heteroatoms. The third-order valence-corrected chi connectivity index (χ3v) is 7.12. The minimum Gasteiger partial charge on any atom is -0.480 e. The van der Waals surface area contributed by atoms with Crippen LogP contribution in [0.15, 0.2) is 60.7 Å². The standard InChI is InChI=1S/C25H34N3O7P/c1-17(2)14-21(23(29)26-18(3)24(30)31)28-36(33,34)22(15-19-10-6-4-7-11-19)27-25(32)35-16-20-12-8-5-9-13-20/h4-13,17-18,21-22H,14-16H2,1-3H3,(H,26,29)(H,27,32)(H,30,31)(H2,28,33,34)/t18-,21-,22-/m0/s1. The molecule has 1 unspecified atom stereocenters. The zero-order chi connectivity index (χ0) is 26.7. The number of carboxylic acids is 1. The molecule has 0 aliphatic heterocycles. The molecule has 2 rings (SSSR count). The van der Waals surface area contributed by atoms with Crippen molar-refractivity contribution in [3.63, 3.8) is 0 Å². The topological polar surface area (TPSA) is 154 Å². The first-order valence-corrected chi connectivity index (χ1v) is 13.4. The monoisotopic (exact) mass is 519 g/mol. The van der Waals surface area contributed by atoms with E-state index in [-0.39, 0.29) is 25.4 Å². The van der Waals surface area contributed by atoms with Crippen LogP contribution in [0.2, 0.25) is 0 Å². The summed E-state index contributed by atoms with van der Waals surface area (Å²) in [6.07, 6.45) is -0.733. The van der Waals surface area contributed by atoms with Gasteiger partial charge in [0.1, 0.15) is 18.4 Å². The molecule has 10 nitrogen and oxygen atoms in total. The normalized spacial score (nSPS) is 15.2. The number of ether oxygens (including phenoxy) is 1. The lowest BCUT2D eigenvalue weighted by Crippen LogP contribution is -2.50. The molecule has 0 heterocycles. The molecule has 0 fully saturated rings. The van der Waals surface area contributed by atoms with Gasteiger partial charge in [-0.2, -0.15) is 0 Å². The molecule has 0 radical (unpaired) electrons. The Morgan fingerprint density at radius 3 is 2.00 bits per heavy atom. The van der Waals surface area contributed by atoms with Crippen molar-refractivity contribution in [1.29, 1.82) is 0 Å². The van der Waals surface area contributed by atoms with E-state index >= 15 is 0 Å². The van der Waals surface area contributed by atoms with Gasteiger partial charge in [-0.25, -0.2) is 9.88 Å². The van der Waals surface area contributed by atoms with Crippen LogP contribution in [-0.4, -0.2) is 45.8 Å². The summed E-state index contributed by atoms with van der Waals surface area (Å²) in [5, 5.41) is 16.4. The van der Waals surface area contributed by atoms with Crippen LogP contribution >= 0.6 is 7.52 Å². The van der Waals surface area contributed by atoms with E-state index in [9.17, 15) is 23.8 Å². The molecule has 0 bridgehead atoms. The van der Waals surface area contributed by atoms with E-state index in [0.29, 0.717) is 5.56 Å². The summed E-state index contributed by atoms with van der Waals surface area (Å²) in [5.74, 6) is -3.33. The highest BCUT2D eigenvalue weighted by Gasteiger charge is 2.37. The Morgan fingerprint density at radius 1 is 0.917 bits per heavy atom. The largest absolute Gasteiger partial charge is 0.480 e. The lowest BCUT2D eigenvalue weighted by Gasteiger charge is -2.29. The zero-order valence-corrected chi connectivity index (χ0v) is 21.5. The number of alkyl carbamates (subject to hydrolysis) is 1. The highest BCUT2D eigenvalue weighted by atomic mass is 31.2. The Morgan fingerprint density at radius 2 is 1.47 bits per heavy atom. The van der Waals surface area contributed by atoms with E-state index in [1.807, 2.05) is 19.9 Å². The van der Waals surface area contributed by atoms with E-state index in [2.05, 4.69) is 15.7 Å². The smallest absolute Gasteiger partial charge is 0.408 e. The van der Waals surface area contributed by atoms with Crippen LogP contribution in [0.1, 0.15) is 38.3 Å². The predicted octanol–water partition coefficient (Wildman–Crippen LogP) is 3.26. The summed E-state index contributed by atoms with van der Waals surface area (Å²) in [6.45, 7) is 4.92. The first-order valence-electron chi connectivity index (χ1n) is 11.6. The van der Waals surface area contributed by atoms with E-state index in [0.717, 1.165) is 5.56 Å². The Labute approximate surface area is 211 Å². The Bertz CT molecular complexity index is 1050. The molecule has 196 valence electrons. The lowest BCUT2D eigenvalue weighted by atomic mass is 10.0. The van der Waals surface area contributed by atoms with Gasteiger partial charge in [0.05, 0.1) is 6.04 Å². The van der Waals surface area contributed by atoms with E-state index < -0.39 is 43.4 Å². The van der Waals surface area contributed by atoms with Gasteiger partial charge >= 0.3 is 12.1 Å². The number of carbonyl (C=O) groups excluding carboxylic acids is 2. The molecule has 0 spiro atoms. The second kappa shape index (κ2) is 13.8. The molecule has 5 N–H and O–H groups in total. The number of rotatable bonds is 13. The zero-order valence-electron chi connectivity index (χ0n) is 20.6. The Kier molecular flexibility index (Phi) is 11.1. The maximum Gasteiger partial charge on any atom is 0.408 e. The molecular formula is C25H34N3O7P. The average Bonchev–Trinajstić information content (AvgIpc) is 2.82. The summed E-state index contributed by atoms with van der Waals surface area (Å²) >= 11 is 0. The van der Waals surface area contributed by atoms with Crippen LogP contribution in [0.4, 0.5) is 4.79 Å². The number of nitrogens with one attached hydrogen (secondary N) is 3. The van der Waals surface area contributed by atoms with Gasteiger partial charge in [-0.3, -0.25) is 14.2 Å². The van der Waals surface area contributed by atoms with Crippen molar-refractivity contribution in [1.82, 2.24) is 15.7 Å². The highest BCUT2D eigenvalue weighted by Crippen LogP contribution is 2.43. The minimum absolute atomic E-state index is 0.0103. The SMILES string of the molecule is CC(C)C[C@H](NP(=O)(O)[C@@H](Cc1ccccc1)NC(=O)OCc1ccccc1)C(=O)N[C@@H](C)C(=O)O. The van der Waals surface area contributed by atoms with Gasteiger partial charge in [0.2, 0.25) is 5.91 Å². The Balaban J connectivity index is 2.21. The summed E-state index contributed by atoms with van der Waals surface area (Å²) in [7, 11) is -4.42. The van der Waals surface area contributed by atoms with Crippen molar-refractivity contribution < 1.29 is 33.7 Å². The third-order valence-electron chi connectivity index (χ3n) is 5.29. The molecule has 0 aliphatic rings. The maximum absolute atomic E-state index is 13.5. The molecule has 2 aromatic rings. The molecule has 0 aliphatic carbocycles. The fourth-order valence-corrected chi connectivity index (χ4v) is 4.97. The average molecular weight is 520 g/mol. The first-order chi connectivity index (χ1) is 17.0. The lowest BCUT2D eigenvalue weighted by molar-refractivity contribution is -0.141. The first kappa shape index (κ1) is 29.0. The van der Waals surface area contributed by atoms with E-state index in [1.165, 1.54) is 6.92 Å². The van der Waals surface area contributed by atoms with Gasteiger partial charge in [-0.05, 0) is 30.4 Å². The summed E-state index contributed by atoms with van der Waals surface area (Å²) < 4.78 is 18.8. The van der Waals surface area contributed by atoms with Crippen molar-refractivity contribution in [2.45, 2.75) is 58.1 Å². The van der Waals surface area contributed by atoms with Gasteiger partial charge in [-0.1, -0.05) is 74.5 Å². The van der Waals surface area contributed by atoms with Crippen molar-refractivity contribution in [2.75, 3.05) is 0 Å². The number of amides is 2. The van der Waals surface area contributed by atoms with E-state index in [1.54, 1.807) is 54.6 Å². The second-order valence-corrected chi connectivity index (χ2v) is 11.0. The molecule has 0 aromatic heterocycles. The Hall–Kier alpha value is -3.20. The van der Waals surface area contributed by atoms with Crippen molar-refractivity contribution in [2.24, 2.45) is 5.92 Å². The van der Waals surface area contributed by atoms with Crippen LogP contribution in [0.3, 0.4) is 0 Å². The maximum atomic E-state index is 13.5. The number of aliphatic carboxylic acids is 1. The second-order valence-electron chi connectivity index (χ2n) is 8.91. The fraction of sp³-hybridized carbons (Fsp3) is 0.400. The van der Waals surface area contributed by atoms with Crippen molar-refractivity contribution >= 4 is 25.5 Å². The van der Waals surface area contributed by atoms with Crippen LogP contribution in [0, 0.1) is 5.92 Å². The van der Waals surface area contributed by atoms with Gasteiger partial charge in [0.25, 0.3) is 7.52 Å². The van der Waals surface area contributed by atoms with Crippen molar-refractivity contribution in [3.05, 3.63) is 71.8 Å². The number of benzene rings is 2. The highest BCUT2D eigenvalue weighted by molar-refractivity contribution is 7.56. The number of carboxylic acid groups (broad SMARTS) is 1. The molecule has 2 amide bonds. The fourth-order valence-electron chi connectivity index (χ4n) is 3.38. The van der Waals surface area contributed by atoms with Gasteiger partial charge in [0, 0.05) is 6.42 Å². The molecule has 0 saturated heterocycles. The minimum atomic E-state index is -4.42. The quantitative estimate of drug-likeness (QED) is 0.253. The molecule has 4 atom stereocenters. The van der Waals surface area contributed by atoms with Gasteiger partial charge < -0.3 is 25.4 Å². The van der Waals surface area contributed by atoms with Gasteiger partial charge in [-0.15, -0.1) is 0 Å². The van der Waals surface area contributed by atoms with Crippen molar-refractivity contribution in [3.8, 4) is 0 Å². The van der Waals surface area contributed by atoms with Crippen LogP contribution in [0.25, 0.3) is 0 Å². The number of carbonyl (C=O) groups is 3.